The lowest BCUT2D eigenvalue weighted by Gasteiger charge is -2.16. The van der Waals surface area contributed by atoms with Gasteiger partial charge in [-0.15, -0.1) is 0 Å². The zero-order valence-electron chi connectivity index (χ0n) is 18.9. The van der Waals surface area contributed by atoms with E-state index in [1.165, 1.54) is 3.97 Å². The summed E-state index contributed by atoms with van der Waals surface area (Å²) >= 11 is 0. The average Bonchev–Trinajstić information content (AvgIpc) is 3.25. The van der Waals surface area contributed by atoms with Crippen molar-refractivity contribution in [3.05, 3.63) is 77.5 Å². The number of nitrogens with zero attached hydrogens (tertiary/aromatic N) is 2. The molecule has 174 valence electrons. The van der Waals surface area contributed by atoms with Gasteiger partial charge in [0.05, 0.1) is 12.0 Å². The summed E-state index contributed by atoms with van der Waals surface area (Å²) in [6, 6.07) is 16.1. The van der Waals surface area contributed by atoms with Crippen molar-refractivity contribution in [2.75, 3.05) is 19.0 Å². The quantitative estimate of drug-likeness (QED) is 0.308. The first-order valence-electron chi connectivity index (χ1n) is 11.0. The Labute approximate surface area is 198 Å². The molecule has 1 aromatic heterocycles. The first kappa shape index (κ1) is 22.0. The van der Waals surface area contributed by atoms with Gasteiger partial charge in [-0.1, -0.05) is 29.8 Å². The normalized spacial score (nSPS) is 13.4. The van der Waals surface area contributed by atoms with Crippen LogP contribution in [0.1, 0.15) is 16.7 Å². The molecule has 0 radical (unpaired) electrons. The summed E-state index contributed by atoms with van der Waals surface area (Å²) in [4.78, 5) is 4.66. The third-order valence-corrected chi connectivity index (χ3v) is 7.75. The molecule has 4 aromatic rings. The van der Waals surface area contributed by atoms with Gasteiger partial charge in [0.1, 0.15) is 17.0 Å². The molecule has 2 N–H and O–H groups in total. The number of hydrogen-bond donors (Lipinski definition) is 2. The predicted molar refractivity (Wildman–Crippen MR) is 134 cm³/mol. The number of aromatic hydroxyl groups is 1. The van der Waals surface area contributed by atoms with Crippen LogP contribution >= 0.6 is 0 Å². The standard InChI is InChI=1S/C26H25N3O4S/c1-17-3-9-21(10-4-17)34(31,32)29-16-19-12-14-27-22-15-23(26(30)25(29)24(19)22)28-13-11-18-5-7-20(33-2)8-6-18/h3-10,13,15-16,27,30H,11-12,14H2,1-2H3. The maximum Gasteiger partial charge on any atom is 0.268 e. The maximum absolute atomic E-state index is 13.5. The van der Waals surface area contributed by atoms with Crippen molar-refractivity contribution >= 4 is 38.5 Å². The number of phenols is 1. The molecule has 1 aliphatic heterocycles. The molecule has 0 spiro atoms. The molecule has 8 heteroatoms. The van der Waals surface area contributed by atoms with Gasteiger partial charge < -0.3 is 15.2 Å². The number of aromatic nitrogens is 1. The van der Waals surface area contributed by atoms with E-state index < -0.39 is 10.0 Å². The molecule has 5 rings (SSSR count). The fourth-order valence-electron chi connectivity index (χ4n) is 4.24. The summed E-state index contributed by atoms with van der Waals surface area (Å²) < 4.78 is 33.4. The lowest BCUT2D eigenvalue weighted by molar-refractivity contribution is 0.414. The van der Waals surface area contributed by atoms with Crippen molar-refractivity contribution in [1.82, 2.24) is 3.97 Å². The highest BCUT2D eigenvalue weighted by Crippen LogP contribution is 2.44. The number of aryl methyl sites for hydroxylation is 1. The zero-order chi connectivity index (χ0) is 23.9. The highest BCUT2D eigenvalue weighted by molar-refractivity contribution is 7.90. The number of benzene rings is 3. The van der Waals surface area contributed by atoms with Gasteiger partial charge in [0.15, 0.2) is 5.75 Å². The molecule has 0 bridgehead atoms. The molecule has 0 unspecified atom stereocenters. The van der Waals surface area contributed by atoms with E-state index in [-0.39, 0.29) is 16.2 Å². The van der Waals surface area contributed by atoms with Crippen LogP contribution in [0.3, 0.4) is 0 Å². The van der Waals surface area contributed by atoms with E-state index >= 15 is 0 Å². The summed E-state index contributed by atoms with van der Waals surface area (Å²) in [6.07, 6.45) is 4.55. The minimum Gasteiger partial charge on any atom is -0.504 e. The highest BCUT2D eigenvalue weighted by atomic mass is 32.2. The number of nitrogens with one attached hydrogen (secondary N) is 1. The zero-order valence-corrected chi connectivity index (χ0v) is 19.8. The first-order chi connectivity index (χ1) is 16.4. The Bertz CT molecular complexity index is 1500. The molecule has 0 fully saturated rings. The van der Waals surface area contributed by atoms with E-state index in [4.69, 9.17) is 4.74 Å². The fourth-order valence-corrected chi connectivity index (χ4v) is 5.63. The molecular formula is C26H25N3O4S. The Kier molecular flexibility index (Phi) is 5.53. The SMILES string of the molecule is COc1ccc(CC=Nc2cc3c4c(cn(S(=O)(=O)c5ccc(C)cc5)c4c2O)CCN3)cc1. The summed E-state index contributed by atoms with van der Waals surface area (Å²) in [5, 5.41) is 15.2. The summed E-state index contributed by atoms with van der Waals surface area (Å²) in [5.74, 6) is 0.621. The second-order valence-corrected chi connectivity index (χ2v) is 10.1. The minimum atomic E-state index is -3.90. The molecule has 0 atom stereocenters. The third-order valence-electron chi connectivity index (χ3n) is 6.07. The van der Waals surface area contributed by atoms with E-state index in [1.807, 2.05) is 31.2 Å². The van der Waals surface area contributed by atoms with Gasteiger partial charge in [0.25, 0.3) is 10.0 Å². The van der Waals surface area contributed by atoms with Crippen LogP contribution in [-0.4, -0.2) is 37.4 Å². The van der Waals surface area contributed by atoms with Crippen LogP contribution in [0.5, 0.6) is 11.5 Å². The number of ether oxygens (including phenoxy) is 1. The van der Waals surface area contributed by atoms with Crippen LogP contribution in [0.4, 0.5) is 11.4 Å². The second-order valence-electron chi connectivity index (χ2n) is 8.32. The molecule has 0 saturated heterocycles. The van der Waals surface area contributed by atoms with Gasteiger partial charge in [-0.3, -0.25) is 4.99 Å². The molecule has 1 aliphatic rings. The number of methoxy groups -OCH3 is 1. The van der Waals surface area contributed by atoms with E-state index in [1.54, 1.807) is 49.9 Å². The van der Waals surface area contributed by atoms with Crippen molar-refractivity contribution in [3.8, 4) is 11.5 Å². The summed E-state index contributed by atoms with van der Waals surface area (Å²) in [5.41, 5.74) is 4.22. The fraction of sp³-hybridized carbons (Fsp3) is 0.192. The molecule has 7 nitrogen and oxygen atoms in total. The van der Waals surface area contributed by atoms with Crippen LogP contribution in [-0.2, 0) is 22.9 Å². The smallest absolute Gasteiger partial charge is 0.268 e. The monoisotopic (exact) mass is 475 g/mol. The second kappa shape index (κ2) is 8.53. The van der Waals surface area contributed by atoms with Gasteiger partial charge in [0.2, 0.25) is 0 Å². The summed E-state index contributed by atoms with van der Waals surface area (Å²) in [7, 11) is -2.28. The van der Waals surface area contributed by atoms with Gasteiger partial charge in [0, 0.05) is 36.5 Å². The molecule has 0 aliphatic carbocycles. The minimum absolute atomic E-state index is 0.157. The number of hydrogen-bond acceptors (Lipinski definition) is 6. The topological polar surface area (TPSA) is 92.9 Å². The predicted octanol–water partition coefficient (Wildman–Crippen LogP) is 4.81. The average molecular weight is 476 g/mol. The van der Waals surface area contributed by atoms with Gasteiger partial charge in [-0.05, 0) is 54.8 Å². The molecule has 2 heterocycles. The largest absolute Gasteiger partial charge is 0.504 e. The van der Waals surface area contributed by atoms with E-state index in [0.717, 1.165) is 28.1 Å². The number of rotatable bonds is 6. The molecular weight excluding hydrogens is 450 g/mol. The van der Waals surface area contributed by atoms with Crippen molar-refractivity contribution in [1.29, 1.82) is 0 Å². The first-order valence-corrected chi connectivity index (χ1v) is 12.4. The van der Waals surface area contributed by atoms with Crippen LogP contribution in [0, 0.1) is 6.92 Å². The van der Waals surface area contributed by atoms with E-state index in [9.17, 15) is 13.5 Å². The third kappa shape index (κ3) is 3.80. The Morgan fingerprint density at radius 2 is 1.88 bits per heavy atom. The number of aliphatic imine (C=N–C) groups is 1. The van der Waals surface area contributed by atoms with Crippen molar-refractivity contribution in [2.45, 2.75) is 24.7 Å². The molecule has 0 saturated carbocycles. The van der Waals surface area contributed by atoms with Crippen molar-refractivity contribution in [3.63, 3.8) is 0 Å². The Morgan fingerprint density at radius 3 is 2.59 bits per heavy atom. The van der Waals surface area contributed by atoms with Gasteiger partial charge in [-0.2, -0.15) is 0 Å². The number of phenolic OH excluding ortho intramolecular Hbond substituents is 1. The van der Waals surface area contributed by atoms with Gasteiger partial charge in [-0.25, -0.2) is 12.4 Å². The van der Waals surface area contributed by atoms with Crippen LogP contribution in [0.2, 0.25) is 0 Å². The van der Waals surface area contributed by atoms with Crippen LogP contribution in [0.15, 0.2) is 70.7 Å². The van der Waals surface area contributed by atoms with Gasteiger partial charge >= 0.3 is 0 Å². The lowest BCUT2D eigenvalue weighted by Crippen LogP contribution is -2.12. The van der Waals surface area contributed by atoms with Crippen LogP contribution < -0.4 is 10.1 Å². The van der Waals surface area contributed by atoms with E-state index in [0.29, 0.717) is 30.5 Å². The Morgan fingerprint density at radius 1 is 1.15 bits per heavy atom. The maximum atomic E-state index is 13.5. The van der Waals surface area contributed by atoms with Crippen LogP contribution in [0.25, 0.3) is 10.9 Å². The number of anilines is 1. The Balaban J connectivity index is 1.59. The molecule has 3 aromatic carbocycles. The lowest BCUT2D eigenvalue weighted by atomic mass is 10.0. The van der Waals surface area contributed by atoms with E-state index in [2.05, 4.69) is 10.3 Å². The Hall–Kier alpha value is -3.78. The molecule has 34 heavy (non-hydrogen) atoms. The summed E-state index contributed by atoms with van der Waals surface area (Å²) in [6.45, 7) is 2.58. The van der Waals surface area contributed by atoms with Crippen molar-refractivity contribution in [2.24, 2.45) is 4.99 Å². The highest BCUT2D eigenvalue weighted by Gasteiger charge is 2.28. The van der Waals surface area contributed by atoms with Crippen molar-refractivity contribution < 1.29 is 18.3 Å². The molecule has 0 amide bonds.